The second-order valence-corrected chi connectivity index (χ2v) is 7.69. The SMILES string of the molecule is Cc1nc(NC(=O)[C@H](C)NC(=O)N2CCN(c3ccccn3)CC2)sc1C. The number of pyridine rings is 1. The average molecular weight is 388 g/mol. The molecular formula is C18H24N6O2S. The molecule has 2 aromatic rings. The Labute approximate surface area is 162 Å². The Balaban J connectivity index is 1.48. The summed E-state index contributed by atoms with van der Waals surface area (Å²) in [5, 5.41) is 6.08. The number of hydrogen-bond acceptors (Lipinski definition) is 6. The van der Waals surface area contributed by atoms with Crippen LogP contribution in [-0.4, -0.2) is 59.0 Å². The lowest BCUT2D eigenvalue weighted by Gasteiger charge is -2.35. The molecule has 2 N–H and O–H groups in total. The van der Waals surface area contributed by atoms with Gasteiger partial charge >= 0.3 is 6.03 Å². The zero-order valence-corrected chi connectivity index (χ0v) is 16.5. The van der Waals surface area contributed by atoms with Crippen LogP contribution in [0.15, 0.2) is 24.4 Å². The van der Waals surface area contributed by atoms with Crippen molar-refractivity contribution in [1.82, 2.24) is 20.2 Å². The van der Waals surface area contributed by atoms with Crippen LogP contribution in [0.25, 0.3) is 0 Å². The fourth-order valence-electron chi connectivity index (χ4n) is 2.76. The molecule has 3 amide bonds. The smallest absolute Gasteiger partial charge is 0.318 e. The number of aryl methyl sites for hydroxylation is 2. The van der Waals surface area contributed by atoms with Crippen LogP contribution < -0.4 is 15.5 Å². The number of amides is 3. The van der Waals surface area contributed by atoms with E-state index in [-0.39, 0.29) is 11.9 Å². The maximum absolute atomic E-state index is 12.5. The summed E-state index contributed by atoms with van der Waals surface area (Å²) in [6.45, 7) is 8.12. The van der Waals surface area contributed by atoms with Crippen molar-refractivity contribution in [2.75, 3.05) is 36.4 Å². The Morgan fingerprint density at radius 2 is 1.93 bits per heavy atom. The number of aromatic nitrogens is 2. The van der Waals surface area contributed by atoms with Gasteiger partial charge in [0.1, 0.15) is 11.9 Å². The molecule has 0 aromatic carbocycles. The lowest BCUT2D eigenvalue weighted by Crippen LogP contribution is -2.54. The highest BCUT2D eigenvalue weighted by atomic mass is 32.1. The van der Waals surface area contributed by atoms with Gasteiger partial charge in [0.25, 0.3) is 0 Å². The normalized spacial score (nSPS) is 15.4. The molecule has 1 fully saturated rings. The summed E-state index contributed by atoms with van der Waals surface area (Å²) >= 11 is 1.43. The molecule has 0 bridgehead atoms. The number of anilines is 2. The minimum Gasteiger partial charge on any atom is -0.353 e. The van der Waals surface area contributed by atoms with Gasteiger partial charge in [0.2, 0.25) is 5.91 Å². The van der Waals surface area contributed by atoms with Crippen LogP contribution in [0.5, 0.6) is 0 Å². The maximum atomic E-state index is 12.5. The summed E-state index contributed by atoms with van der Waals surface area (Å²) in [6.07, 6.45) is 1.76. The number of nitrogens with zero attached hydrogens (tertiary/aromatic N) is 4. The number of hydrogen-bond donors (Lipinski definition) is 2. The van der Waals surface area contributed by atoms with Gasteiger partial charge in [0.05, 0.1) is 5.69 Å². The first-order valence-electron chi connectivity index (χ1n) is 8.90. The van der Waals surface area contributed by atoms with Crippen molar-refractivity contribution in [1.29, 1.82) is 0 Å². The molecular weight excluding hydrogens is 364 g/mol. The van der Waals surface area contributed by atoms with Crippen LogP contribution in [0.1, 0.15) is 17.5 Å². The number of thiazole rings is 1. The van der Waals surface area contributed by atoms with Crippen molar-refractivity contribution in [2.45, 2.75) is 26.8 Å². The number of urea groups is 1. The predicted molar refractivity (Wildman–Crippen MR) is 106 cm³/mol. The van der Waals surface area contributed by atoms with Crippen molar-refractivity contribution in [3.05, 3.63) is 35.0 Å². The fraction of sp³-hybridized carbons (Fsp3) is 0.444. The van der Waals surface area contributed by atoms with Gasteiger partial charge in [-0.1, -0.05) is 6.07 Å². The zero-order valence-electron chi connectivity index (χ0n) is 15.7. The molecule has 1 aliphatic heterocycles. The van der Waals surface area contributed by atoms with Gasteiger partial charge in [-0.15, -0.1) is 11.3 Å². The maximum Gasteiger partial charge on any atom is 0.318 e. The first kappa shape index (κ1) is 19.1. The van der Waals surface area contributed by atoms with Gasteiger partial charge in [-0.05, 0) is 32.9 Å². The van der Waals surface area contributed by atoms with Gasteiger partial charge in [-0.25, -0.2) is 14.8 Å². The third-order valence-electron chi connectivity index (χ3n) is 4.53. The molecule has 27 heavy (non-hydrogen) atoms. The average Bonchev–Trinajstić information content (AvgIpc) is 2.99. The minimum atomic E-state index is -0.643. The van der Waals surface area contributed by atoms with Gasteiger partial charge in [0.15, 0.2) is 5.13 Å². The van der Waals surface area contributed by atoms with E-state index in [4.69, 9.17) is 0 Å². The van der Waals surface area contributed by atoms with Crippen LogP contribution in [0.2, 0.25) is 0 Å². The lowest BCUT2D eigenvalue weighted by molar-refractivity contribution is -0.117. The zero-order chi connectivity index (χ0) is 19.4. The van der Waals surface area contributed by atoms with E-state index in [0.29, 0.717) is 31.3 Å². The topological polar surface area (TPSA) is 90.5 Å². The van der Waals surface area contributed by atoms with E-state index >= 15 is 0 Å². The third-order valence-corrected chi connectivity index (χ3v) is 5.52. The molecule has 0 unspecified atom stereocenters. The largest absolute Gasteiger partial charge is 0.353 e. The Hall–Kier alpha value is -2.68. The van der Waals surface area contributed by atoms with Crippen LogP contribution in [0.4, 0.5) is 15.7 Å². The van der Waals surface area contributed by atoms with Crippen molar-refractivity contribution in [3.63, 3.8) is 0 Å². The second kappa shape index (κ2) is 8.34. The molecule has 1 aliphatic rings. The van der Waals surface area contributed by atoms with E-state index in [0.717, 1.165) is 16.4 Å². The monoisotopic (exact) mass is 388 g/mol. The number of piperazine rings is 1. The lowest BCUT2D eigenvalue weighted by atomic mass is 10.3. The van der Waals surface area contributed by atoms with Crippen molar-refractivity contribution in [3.8, 4) is 0 Å². The van der Waals surface area contributed by atoms with E-state index in [1.54, 1.807) is 18.0 Å². The molecule has 144 valence electrons. The van der Waals surface area contributed by atoms with E-state index in [9.17, 15) is 9.59 Å². The third kappa shape index (κ3) is 4.73. The highest BCUT2D eigenvalue weighted by Crippen LogP contribution is 2.21. The van der Waals surface area contributed by atoms with Crippen molar-refractivity contribution in [2.24, 2.45) is 0 Å². The van der Waals surface area contributed by atoms with E-state index < -0.39 is 6.04 Å². The molecule has 0 aliphatic carbocycles. The first-order valence-corrected chi connectivity index (χ1v) is 9.72. The minimum absolute atomic E-state index is 0.232. The van der Waals surface area contributed by atoms with Crippen LogP contribution in [0, 0.1) is 13.8 Å². The molecule has 8 nitrogen and oxygen atoms in total. The molecule has 3 heterocycles. The fourth-order valence-corrected chi connectivity index (χ4v) is 3.58. The number of rotatable bonds is 4. The molecule has 0 saturated carbocycles. The summed E-state index contributed by atoms with van der Waals surface area (Å²) in [7, 11) is 0. The highest BCUT2D eigenvalue weighted by Gasteiger charge is 2.24. The molecule has 0 spiro atoms. The summed E-state index contributed by atoms with van der Waals surface area (Å²) in [5.74, 6) is 0.642. The summed E-state index contributed by atoms with van der Waals surface area (Å²) in [5.41, 5.74) is 0.901. The van der Waals surface area contributed by atoms with Crippen LogP contribution in [-0.2, 0) is 4.79 Å². The van der Waals surface area contributed by atoms with Crippen molar-refractivity contribution < 1.29 is 9.59 Å². The van der Waals surface area contributed by atoms with Gasteiger partial charge < -0.3 is 20.4 Å². The number of carbonyl (C=O) groups excluding carboxylic acids is 2. The summed E-state index contributed by atoms with van der Waals surface area (Å²) < 4.78 is 0. The summed E-state index contributed by atoms with van der Waals surface area (Å²) in [4.78, 5) is 38.3. The molecule has 3 rings (SSSR count). The molecule has 1 saturated heterocycles. The molecule has 2 aromatic heterocycles. The van der Waals surface area contributed by atoms with E-state index in [1.807, 2.05) is 32.0 Å². The Morgan fingerprint density at radius 3 is 2.52 bits per heavy atom. The summed E-state index contributed by atoms with van der Waals surface area (Å²) in [6, 6.07) is 4.92. The second-order valence-electron chi connectivity index (χ2n) is 6.48. The first-order chi connectivity index (χ1) is 12.9. The molecule has 9 heteroatoms. The van der Waals surface area contributed by atoms with Crippen LogP contribution >= 0.6 is 11.3 Å². The Kier molecular flexibility index (Phi) is 5.90. The molecule has 0 radical (unpaired) electrons. The highest BCUT2D eigenvalue weighted by molar-refractivity contribution is 7.15. The van der Waals surface area contributed by atoms with E-state index in [1.165, 1.54) is 11.3 Å². The standard InChI is InChI=1S/C18H24N6O2S/c1-12-14(3)27-17(20-12)22-16(25)13(2)21-18(26)24-10-8-23(9-11-24)15-6-4-5-7-19-15/h4-7,13H,8-11H2,1-3H3,(H,21,26)(H,20,22,25)/t13-/m0/s1. The van der Waals surface area contributed by atoms with Gasteiger partial charge in [-0.2, -0.15) is 0 Å². The predicted octanol–water partition coefficient (Wildman–Crippen LogP) is 2.01. The van der Waals surface area contributed by atoms with Crippen molar-refractivity contribution >= 4 is 34.2 Å². The van der Waals surface area contributed by atoms with Crippen LogP contribution in [0.3, 0.4) is 0 Å². The Bertz CT molecular complexity index is 782. The van der Waals surface area contributed by atoms with E-state index in [2.05, 4.69) is 25.5 Å². The number of carbonyl (C=O) groups is 2. The van der Waals surface area contributed by atoms with Gasteiger partial charge in [0, 0.05) is 37.3 Å². The number of nitrogens with one attached hydrogen (secondary N) is 2. The Morgan fingerprint density at radius 1 is 1.19 bits per heavy atom. The quantitative estimate of drug-likeness (QED) is 0.836. The molecule has 1 atom stereocenters. The van der Waals surface area contributed by atoms with Gasteiger partial charge in [-0.3, -0.25) is 4.79 Å².